The van der Waals surface area contributed by atoms with Crippen LogP contribution in [0.4, 0.5) is 0 Å². The highest BCUT2D eigenvalue weighted by atomic mass is 32.2. The molecule has 2 N–H and O–H groups in total. The van der Waals surface area contributed by atoms with Crippen LogP contribution in [0.1, 0.15) is 255 Å². The van der Waals surface area contributed by atoms with E-state index < -0.39 is 10.1 Å². The van der Waals surface area contributed by atoms with E-state index in [9.17, 15) is 13.0 Å². The maximum absolute atomic E-state index is 10.6. The van der Waals surface area contributed by atoms with Crippen LogP contribution < -0.4 is 14.2 Å². The van der Waals surface area contributed by atoms with Gasteiger partial charge in [-0.1, -0.05) is 248 Å². The van der Waals surface area contributed by atoms with Gasteiger partial charge in [-0.15, -0.1) is 0 Å². The Morgan fingerprint density at radius 3 is 1.03 bits per heavy atom. The molecule has 0 amide bonds. The summed E-state index contributed by atoms with van der Waals surface area (Å²) in [5.41, 5.74) is 7.82. The maximum atomic E-state index is 10.6. The molecular formula is C94H124O10S2. The minimum absolute atomic E-state index is 0.0146. The number of rotatable bonds is 28. The number of phenolic OH excluding ortho intramolecular Hbond substituents is 2. The summed E-state index contributed by atoms with van der Waals surface area (Å²) < 4.78 is 61.0. The molecule has 12 heteroatoms. The summed E-state index contributed by atoms with van der Waals surface area (Å²) in [6.07, 6.45) is 20.1. The number of aromatic hydroxyl groups is 2. The van der Waals surface area contributed by atoms with Gasteiger partial charge >= 0.3 is 0 Å². The fourth-order valence-corrected chi connectivity index (χ4v) is 15.1. The van der Waals surface area contributed by atoms with Crippen LogP contribution in [0, 0.1) is 5.92 Å². The summed E-state index contributed by atoms with van der Waals surface area (Å²) in [6.45, 7) is 27.5. The minimum atomic E-state index is -4.30. The van der Waals surface area contributed by atoms with Gasteiger partial charge in [0.2, 0.25) is 0 Å². The average molecular weight is 1480 g/mol. The molecule has 11 rings (SSSR count). The molecule has 0 bridgehead atoms. The third kappa shape index (κ3) is 31.9. The van der Waals surface area contributed by atoms with Crippen molar-refractivity contribution in [2.75, 3.05) is 19.8 Å². The predicted molar refractivity (Wildman–Crippen MR) is 440 cm³/mol. The third-order valence-corrected chi connectivity index (χ3v) is 23.5. The van der Waals surface area contributed by atoms with Gasteiger partial charge in [0.15, 0.2) is 27.3 Å². The van der Waals surface area contributed by atoms with Crippen LogP contribution >= 0.6 is 0 Å². The van der Waals surface area contributed by atoms with Gasteiger partial charge in [-0.2, -0.15) is 0 Å². The highest BCUT2D eigenvalue weighted by Crippen LogP contribution is 2.35. The predicted octanol–water partition coefficient (Wildman–Crippen LogP) is 25.7. The topological polar surface area (TPSA) is 144 Å². The van der Waals surface area contributed by atoms with Gasteiger partial charge in [0, 0.05) is 0 Å². The molecule has 2 aliphatic rings. The van der Waals surface area contributed by atoms with E-state index in [-0.39, 0.29) is 28.4 Å². The van der Waals surface area contributed by atoms with Crippen molar-refractivity contribution in [2.45, 2.75) is 253 Å². The van der Waals surface area contributed by atoms with E-state index in [0.717, 1.165) is 66.9 Å². The number of benzene rings is 9. The third-order valence-electron chi connectivity index (χ3n) is 20.4. The van der Waals surface area contributed by atoms with Crippen molar-refractivity contribution in [1.29, 1.82) is 0 Å². The van der Waals surface area contributed by atoms with Crippen molar-refractivity contribution in [3.05, 3.63) is 270 Å². The van der Waals surface area contributed by atoms with Gasteiger partial charge in [0.25, 0.3) is 0 Å². The SMILES string of the molecule is CCC(C)c1ccc(O)cc1.CCC(C)c1ccc(O)cc1.CCC(C)c1ccc(OC(C)OCCC2CCCCC2)cc1.CCC(C)c1ccc(OC(C)OCCOc2ccc(C3CCCCC3)cc2)cc1.CCC(C)c1ccc(S(=O)(=O)[O-])cc1.c1ccc([S+](c2ccccc2)c2ccccc2)cc1. The van der Waals surface area contributed by atoms with E-state index in [1.807, 2.05) is 50.2 Å². The Hall–Kier alpha value is -7.84. The van der Waals surface area contributed by atoms with Crippen molar-refractivity contribution in [2.24, 2.45) is 5.92 Å². The zero-order valence-electron chi connectivity index (χ0n) is 65.6. The second kappa shape index (κ2) is 48.5. The fourth-order valence-electron chi connectivity index (χ4n) is 12.5. The normalized spacial score (nSPS) is 15.0. The molecule has 0 aromatic heterocycles. The Morgan fingerprint density at radius 2 is 0.689 bits per heavy atom. The molecule has 0 aliphatic heterocycles. The second-order valence-electron chi connectivity index (χ2n) is 28.3. The lowest BCUT2D eigenvalue weighted by atomic mass is 9.84. The van der Waals surface area contributed by atoms with Gasteiger partial charge in [-0.25, -0.2) is 8.42 Å². The highest BCUT2D eigenvalue weighted by Gasteiger charge is 2.28. The van der Waals surface area contributed by atoms with E-state index in [1.165, 1.54) is 132 Å². The quantitative estimate of drug-likeness (QED) is 0.0210. The van der Waals surface area contributed by atoms with Gasteiger partial charge in [-0.05, 0) is 249 Å². The fraction of sp³-hybridized carbons (Fsp3) is 0.426. The molecule has 9 aromatic rings. The minimum Gasteiger partial charge on any atom is -0.744 e. The molecule has 10 nitrogen and oxygen atoms in total. The van der Waals surface area contributed by atoms with E-state index in [4.69, 9.17) is 33.9 Å². The lowest BCUT2D eigenvalue weighted by molar-refractivity contribution is -0.0739. The second-order valence-corrected chi connectivity index (χ2v) is 31.7. The van der Waals surface area contributed by atoms with E-state index in [1.54, 1.807) is 36.4 Å². The summed E-state index contributed by atoms with van der Waals surface area (Å²) in [5, 5.41) is 18.0. The van der Waals surface area contributed by atoms with Crippen molar-refractivity contribution >= 4 is 21.0 Å². The molecular weight excluding hydrogens is 1350 g/mol. The average Bonchev–Trinajstić information content (AvgIpc) is 0.788. The van der Waals surface area contributed by atoms with Crippen LogP contribution in [0.25, 0.3) is 0 Å². The van der Waals surface area contributed by atoms with E-state index in [2.05, 4.69) is 221 Å². The largest absolute Gasteiger partial charge is 0.744 e. The first-order chi connectivity index (χ1) is 51.2. The molecule has 0 heterocycles. The Bertz CT molecular complexity index is 3680. The zero-order chi connectivity index (χ0) is 76.5. The van der Waals surface area contributed by atoms with Crippen molar-refractivity contribution in [1.82, 2.24) is 0 Å². The van der Waals surface area contributed by atoms with Crippen molar-refractivity contribution in [3.63, 3.8) is 0 Å². The Balaban J connectivity index is 0.000000206. The van der Waals surface area contributed by atoms with Crippen LogP contribution in [-0.4, -0.2) is 55.6 Å². The Kier molecular flexibility index (Phi) is 39.8. The molecule has 7 unspecified atom stereocenters. The molecule has 106 heavy (non-hydrogen) atoms. The molecule has 0 radical (unpaired) electrons. The smallest absolute Gasteiger partial charge is 0.197 e. The number of phenols is 2. The first-order valence-electron chi connectivity index (χ1n) is 39.2. The molecule has 9 aromatic carbocycles. The molecule has 572 valence electrons. The first kappa shape index (κ1) is 87.1. The zero-order valence-corrected chi connectivity index (χ0v) is 67.3. The van der Waals surface area contributed by atoms with Gasteiger partial charge in [0.1, 0.15) is 45.5 Å². The van der Waals surface area contributed by atoms with Crippen LogP contribution in [0.2, 0.25) is 0 Å². The van der Waals surface area contributed by atoms with Crippen LogP contribution in [0.15, 0.2) is 256 Å². The van der Waals surface area contributed by atoms with Crippen LogP contribution in [-0.2, 0) is 30.5 Å². The first-order valence-corrected chi connectivity index (χ1v) is 41.9. The Morgan fingerprint density at radius 1 is 0.377 bits per heavy atom. The number of hydrogen-bond acceptors (Lipinski definition) is 10. The molecule has 0 saturated heterocycles. The van der Waals surface area contributed by atoms with E-state index >= 15 is 0 Å². The van der Waals surface area contributed by atoms with E-state index in [0.29, 0.717) is 54.3 Å². The summed E-state index contributed by atoms with van der Waals surface area (Å²) in [7, 11) is -4.32. The standard InChI is InChI=1S/C26H36O3.C20H32O2.C18H15S.C10H14O3S.2C10H14O/c1-4-20(2)22-10-16-26(17-11-22)29-21(3)27-18-19-28-25-14-12-24(13-15-25)23-8-6-5-7-9-23;1-4-16(2)19-10-12-20(13-11-19)22-17(3)21-15-14-18-8-6-5-7-9-18;1-4-10-16(11-5-1)19(17-12-6-2-7-13-17)18-14-8-3-9-15-18;1-3-8(2)9-4-6-10(7-5-9)14(11,12)13;2*1-3-8(2)9-4-6-10(11)7-5-9/h10-17,20-21,23H,4-9,18-19H2,1-3H3;10-13,16-18H,4-9,14-15H2,1-3H3;1-15H;4-8H,3H2,1-2H3,(H,11,12,13);2*4-8,11H,3H2,1-2H3/q;;+1;;;/p-1. The van der Waals surface area contributed by atoms with Gasteiger partial charge in [-0.3, -0.25) is 0 Å². The maximum Gasteiger partial charge on any atom is 0.197 e. The lowest BCUT2D eigenvalue weighted by Crippen LogP contribution is -2.19. The monoisotopic (exact) mass is 1480 g/mol. The molecule has 2 saturated carbocycles. The molecule has 2 fully saturated rings. The summed E-state index contributed by atoms with van der Waals surface area (Å²) in [6, 6.07) is 78.5. The van der Waals surface area contributed by atoms with Crippen molar-refractivity contribution in [3.8, 4) is 28.7 Å². The molecule has 2 aliphatic carbocycles. The molecule has 7 atom stereocenters. The number of ether oxygens (including phenoxy) is 5. The highest BCUT2D eigenvalue weighted by molar-refractivity contribution is 7.97. The summed E-state index contributed by atoms with van der Waals surface area (Å²) in [5.74, 6) is 7.70. The summed E-state index contributed by atoms with van der Waals surface area (Å²) >= 11 is 0. The Labute approximate surface area is 641 Å². The summed E-state index contributed by atoms with van der Waals surface area (Å²) in [4.78, 5) is 3.92. The number of hydrogen-bond donors (Lipinski definition) is 2. The van der Waals surface area contributed by atoms with Gasteiger partial charge in [0.05, 0.1) is 29.0 Å². The van der Waals surface area contributed by atoms with Crippen LogP contribution in [0.3, 0.4) is 0 Å². The van der Waals surface area contributed by atoms with Crippen molar-refractivity contribution < 1.29 is 46.9 Å². The van der Waals surface area contributed by atoms with Gasteiger partial charge < -0.3 is 38.5 Å². The lowest BCUT2D eigenvalue weighted by Gasteiger charge is -2.22. The van der Waals surface area contributed by atoms with Crippen LogP contribution in [0.5, 0.6) is 28.7 Å². The molecule has 0 spiro atoms.